The molecule has 0 amide bonds. The number of aromatic nitrogens is 2. The number of anilines is 2. The molecule has 0 atom stereocenters. The number of hydrogen-bond donors (Lipinski definition) is 0. The summed E-state index contributed by atoms with van der Waals surface area (Å²) in [4.78, 5) is 21.5. The molecular weight excluding hydrogens is 274 g/mol. The second kappa shape index (κ2) is 5.59. The SMILES string of the molecule is O=Cc1c(Cl)ncnc1N1CCCCc2ccccc21. The van der Waals surface area contributed by atoms with Crippen molar-refractivity contribution in [3.8, 4) is 0 Å². The van der Waals surface area contributed by atoms with Gasteiger partial charge < -0.3 is 4.90 Å². The fourth-order valence-corrected chi connectivity index (χ4v) is 2.77. The molecule has 2 heterocycles. The molecule has 1 aliphatic heterocycles. The number of carbonyl (C=O) groups excluding carboxylic acids is 1. The summed E-state index contributed by atoms with van der Waals surface area (Å²) in [5.74, 6) is 0.592. The van der Waals surface area contributed by atoms with Gasteiger partial charge in [-0.15, -0.1) is 0 Å². The molecule has 1 aromatic carbocycles. The predicted octanol–water partition coefficient (Wildman–Crippen LogP) is 3.42. The summed E-state index contributed by atoms with van der Waals surface area (Å²) in [5, 5.41) is 0.201. The van der Waals surface area contributed by atoms with E-state index >= 15 is 0 Å². The number of aryl methyl sites for hydroxylation is 1. The maximum Gasteiger partial charge on any atom is 0.156 e. The molecule has 3 rings (SSSR count). The molecule has 20 heavy (non-hydrogen) atoms. The topological polar surface area (TPSA) is 46.1 Å². The summed E-state index contributed by atoms with van der Waals surface area (Å²) < 4.78 is 0. The molecule has 0 bridgehead atoms. The minimum atomic E-state index is 0.201. The highest BCUT2D eigenvalue weighted by Crippen LogP contribution is 2.33. The summed E-state index contributed by atoms with van der Waals surface area (Å²) in [6.07, 6.45) is 5.35. The monoisotopic (exact) mass is 287 g/mol. The Bertz CT molecular complexity index is 645. The van der Waals surface area contributed by atoms with Gasteiger partial charge in [-0.25, -0.2) is 9.97 Å². The number of halogens is 1. The largest absolute Gasteiger partial charge is 0.325 e. The minimum absolute atomic E-state index is 0.201. The van der Waals surface area contributed by atoms with Crippen molar-refractivity contribution in [2.45, 2.75) is 19.3 Å². The van der Waals surface area contributed by atoms with Crippen molar-refractivity contribution >= 4 is 29.4 Å². The average Bonchev–Trinajstić information content (AvgIpc) is 2.69. The van der Waals surface area contributed by atoms with Crippen LogP contribution in [-0.2, 0) is 6.42 Å². The van der Waals surface area contributed by atoms with Gasteiger partial charge in [0.15, 0.2) is 6.29 Å². The Hall–Kier alpha value is -1.94. The normalized spacial score (nSPS) is 14.6. The van der Waals surface area contributed by atoms with Crippen molar-refractivity contribution in [1.29, 1.82) is 0 Å². The Labute approximate surface area is 122 Å². The number of nitrogens with zero attached hydrogens (tertiary/aromatic N) is 3. The highest BCUT2D eigenvalue weighted by Gasteiger charge is 2.21. The van der Waals surface area contributed by atoms with E-state index in [1.165, 1.54) is 11.9 Å². The van der Waals surface area contributed by atoms with Crippen LogP contribution in [-0.4, -0.2) is 22.8 Å². The molecule has 5 heteroatoms. The highest BCUT2D eigenvalue weighted by molar-refractivity contribution is 6.32. The van der Waals surface area contributed by atoms with Crippen molar-refractivity contribution < 1.29 is 4.79 Å². The Morgan fingerprint density at radius 3 is 2.90 bits per heavy atom. The molecule has 1 aromatic heterocycles. The zero-order valence-corrected chi connectivity index (χ0v) is 11.7. The average molecular weight is 288 g/mol. The third-order valence-electron chi connectivity index (χ3n) is 3.55. The van der Waals surface area contributed by atoms with Crippen LogP contribution in [0.15, 0.2) is 30.6 Å². The van der Waals surface area contributed by atoms with E-state index in [1.54, 1.807) is 0 Å². The summed E-state index contributed by atoms with van der Waals surface area (Å²) >= 11 is 6.01. The lowest BCUT2D eigenvalue weighted by atomic mass is 10.1. The first-order chi connectivity index (χ1) is 9.81. The van der Waals surface area contributed by atoms with Crippen LogP contribution in [0.1, 0.15) is 28.8 Å². The van der Waals surface area contributed by atoms with Gasteiger partial charge in [-0.3, -0.25) is 4.79 Å². The van der Waals surface area contributed by atoms with Gasteiger partial charge in [-0.05, 0) is 30.9 Å². The molecule has 0 fully saturated rings. The summed E-state index contributed by atoms with van der Waals surface area (Å²) in [6.45, 7) is 0.825. The van der Waals surface area contributed by atoms with Gasteiger partial charge in [0.05, 0.1) is 5.56 Å². The minimum Gasteiger partial charge on any atom is -0.325 e. The predicted molar refractivity (Wildman–Crippen MR) is 78.8 cm³/mol. The Kier molecular flexibility index (Phi) is 3.65. The first-order valence-electron chi connectivity index (χ1n) is 6.62. The summed E-state index contributed by atoms with van der Waals surface area (Å²) in [7, 11) is 0. The molecule has 0 saturated heterocycles. The van der Waals surface area contributed by atoms with Crippen LogP contribution in [0.5, 0.6) is 0 Å². The molecule has 4 nitrogen and oxygen atoms in total. The molecule has 0 spiro atoms. The van der Waals surface area contributed by atoms with Crippen molar-refractivity contribution in [3.63, 3.8) is 0 Å². The van der Waals surface area contributed by atoms with Crippen molar-refractivity contribution in [1.82, 2.24) is 9.97 Å². The van der Waals surface area contributed by atoms with Crippen molar-refractivity contribution in [2.75, 3.05) is 11.4 Å². The molecule has 0 saturated carbocycles. The van der Waals surface area contributed by atoms with E-state index < -0.39 is 0 Å². The van der Waals surface area contributed by atoms with Crippen LogP contribution in [0.2, 0.25) is 5.15 Å². The number of carbonyl (C=O) groups is 1. The van der Waals surface area contributed by atoms with Crippen LogP contribution in [0.4, 0.5) is 11.5 Å². The van der Waals surface area contributed by atoms with Crippen LogP contribution < -0.4 is 4.90 Å². The van der Waals surface area contributed by atoms with Crippen molar-refractivity contribution in [2.24, 2.45) is 0 Å². The molecule has 0 radical (unpaired) electrons. The lowest BCUT2D eigenvalue weighted by Gasteiger charge is -2.25. The van der Waals surface area contributed by atoms with Gasteiger partial charge in [-0.1, -0.05) is 29.8 Å². The number of benzene rings is 1. The Balaban J connectivity index is 2.15. The van der Waals surface area contributed by atoms with Gasteiger partial charge in [0.1, 0.15) is 17.3 Å². The van der Waals surface area contributed by atoms with Gasteiger partial charge >= 0.3 is 0 Å². The molecule has 0 aliphatic carbocycles. The highest BCUT2D eigenvalue weighted by atomic mass is 35.5. The Morgan fingerprint density at radius 2 is 2.05 bits per heavy atom. The quantitative estimate of drug-likeness (QED) is 0.627. The molecule has 1 aliphatic rings. The molecule has 2 aromatic rings. The third-order valence-corrected chi connectivity index (χ3v) is 3.85. The number of fused-ring (bicyclic) bond motifs is 1. The molecular formula is C15H14ClN3O. The van der Waals surface area contributed by atoms with E-state index in [0.29, 0.717) is 11.4 Å². The van der Waals surface area contributed by atoms with Crippen LogP contribution >= 0.6 is 11.6 Å². The number of hydrogen-bond acceptors (Lipinski definition) is 4. The van der Waals surface area contributed by atoms with E-state index in [2.05, 4.69) is 27.0 Å². The third kappa shape index (κ3) is 2.27. The maximum atomic E-state index is 11.3. The standard InChI is InChI=1S/C15H14ClN3O/c16-14-12(9-20)15(18-10-17-14)19-8-4-3-6-11-5-1-2-7-13(11)19/h1-2,5,7,9-10H,3-4,6,8H2. The fourth-order valence-electron chi connectivity index (χ4n) is 2.59. The lowest BCUT2D eigenvalue weighted by molar-refractivity contribution is 0.112. The van der Waals surface area contributed by atoms with Gasteiger partial charge in [0.25, 0.3) is 0 Å². The van der Waals surface area contributed by atoms with Crippen molar-refractivity contribution in [3.05, 3.63) is 46.9 Å². The molecule has 0 unspecified atom stereocenters. The van der Waals surface area contributed by atoms with Crippen LogP contribution in [0, 0.1) is 0 Å². The first kappa shape index (κ1) is 13.1. The summed E-state index contributed by atoms with van der Waals surface area (Å²) in [5.41, 5.74) is 2.73. The number of aldehydes is 1. The van der Waals surface area contributed by atoms with E-state index in [1.807, 2.05) is 12.1 Å². The van der Waals surface area contributed by atoms with Crippen LogP contribution in [0.25, 0.3) is 0 Å². The maximum absolute atomic E-state index is 11.3. The zero-order valence-electron chi connectivity index (χ0n) is 10.9. The number of rotatable bonds is 2. The van der Waals surface area contributed by atoms with E-state index in [-0.39, 0.29) is 5.15 Å². The van der Waals surface area contributed by atoms with Gasteiger partial charge in [-0.2, -0.15) is 0 Å². The second-order valence-electron chi connectivity index (χ2n) is 4.76. The lowest BCUT2D eigenvalue weighted by Crippen LogP contribution is -2.21. The Morgan fingerprint density at radius 1 is 1.20 bits per heavy atom. The van der Waals surface area contributed by atoms with E-state index in [9.17, 15) is 4.79 Å². The first-order valence-corrected chi connectivity index (χ1v) is 7.00. The summed E-state index contributed by atoms with van der Waals surface area (Å²) in [6, 6.07) is 8.22. The van der Waals surface area contributed by atoms with E-state index in [4.69, 9.17) is 11.6 Å². The molecule has 102 valence electrons. The molecule has 0 N–H and O–H groups in total. The van der Waals surface area contributed by atoms with Gasteiger partial charge in [0, 0.05) is 12.2 Å². The van der Waals surface area contributed by atoms with E-state index in [0.717, 1.165) is 37.8 Å². The van der Waals surface area contributed by atoms with Crippen LogP contribution in [0.3, 0.4) is 0 Å². The zero-order chi connectivity index (χ0) is 13.9. The smallest absolute Gasteiger partial charge is 0.156 e. The van der Waals surface area contributed by atoms with Gasteiger partial charge in [0.2, 0.25) is 0 Å². The second-order valence-corrected chi connectivity index (χ2v) is 5.12. The fraction of sp³-hybridized carbons (Fsp3) is 0.267. The number of para-hydroxylation sites is 1.